The molecule has 284 valence electrons. The first-order chi connectivity index (χ1) is 25.3. The molecule has 0 saturated carbocycles. The number of aryl methyl sites for hydroxylation is 1. The number of carbonyl (C=O) groups is 2. The number of nitrogens with zero attached hydrogens (tertiary/aromatic N) is 3. The Labute approximate surface area is 334 Å². The summed E-state index contributed by atoms with van der Waals surface area (Å²) >= 11 is 0. The van der Waals surface area contributed by atoms with Crippen molar-refractivity contribution in [1.82, 2.24) is 25.0 Å². The molecular formula is C36H42N5NaO11S. The normalized spacial score (nSPS) is 21.1. The summed E-state index contributed by atoms with van der Waals surface area (Å²) in [7, 11) is -3.80. The number of benzene rings is 3. The Morgan fingerprint density at radius 2 is 1.65 bits per heavy atom. The van der Waals surface area contributed by atoms with Crippen LogP contribution < -0.4 is 44.7 Å². The summed E-state index contributed by atoms with van der Waals surface area (Å²) in [4.78, 5) is 25.4. The Balaban J connectivity index is 0.00000650. The Hall–Kier alpha value is -3.59. The first-order valence-corrected chi connectivity index (χ1v) is 18.7. The van der Waals surface area contributed by atoms with Crippen molar-refractivity contribution >= 4 is 21.9 Å². The number of sulfonamides is 1. The van der Waals surface area contributed by atoms with Gasteiger partial charge in [-0.05, 0) is 23.1 Å². The van der Waals surface area contributed by atoms with E-state index in [1.807, 2.05) is 65.4 Å². The van der Waals surface area contributed by atoms with Crippen LogP contribution >= 0.6 is 0 Å². The molecule has 18 heteroatoms. The molecule has 0 bridgehead atoms. The van der Waals surface area contributed by atoms with Crippen LogP contribution in [0.3, 0.4) is 0 Å². The fraction of sp³-hybridized carbons (Fsp3) is 0.389. The van der Waals surface area contributed by atoms with Gasteiger partial charge in [0.1, 0.15) is 30.5 Å². The van der Waals surface area contributed by atoms with Crippen LogP contribution in [-0.4, -0.2) is 113 Å². The molecule has 3 aromatic carbocycles. The minimum atomic E-state index is -3.80. The molecule has 5 rings (SSSR count). The zero-order valence-corrected chi connectivity index (χ0v) is 32.7. The topological polar surface area (TPSA) is 234 Å². The first kappa shape index (κ1) is 43.1. The van der Waals surface area contributed by atoms with E-state index in [1.54, 1.807) is 35.1 Å². The van der Waals surface area contributed by atoms with Gasteiger partial charge in [0.15, 0.2) is 0 Å². The molecule has 1 amide bonds. The maximum Gasteiger partial charge on any atom is 1.00 e. The van der Waals surface area contributed by atoms with Gasteiger partial charge in [0.25, 0.3) is 0 Å². The van der Waals surface area contributed by atoms with Gasteiger partial charge in [-0.1, -0.05) is 90.1 Å². The molecule has 0 aliphatic carbocycles. The number of carboxylic acids is 1. The van der Waals surface area contributed by atoms with E-state index in [2.05, 4.69) is 15.6 Å². The second-order valence-corrected chi connectivity index (χ2v) is 14.5. The van der Waals surface area contributed by atoms with Crippen LogP contribution in [0.25, 0.3) is 22.4 Å². The number of amides is 1. The van der Waals surface area contributed by atoms with Crippen molar-refractivity contribution in [2.24, 2.45) is 0 Å². The number of aliphatic hydroxyl groups is 3. The van der Waals surface area contributed by atoms with Crippen molar-refractivity contribution in [3.05, 3.63) is 96.7 Å². The van der Waals surface area contributed by atoms with Crippen molar-refractivity contribution < 1.29 is 82.2 Å². The standard InChI is InChI=1S/C36H43N5O11S.Na/c1-53(48,49)37-20-30(43)33(45)34-32(38-31(44)23-50-22-24-9-4-2-5-10-24)29(42)19-36(52-34,35(46)47)51-18-8-17-41-21-28(39-40-41)27-15-13-26(14-16-27)25-11-6-3-7-12-25;/h2-7,9-16,21,29-30,32-34,37,42-43,45H,8,17-20,22-23H2,1H3,(H,38,44)(H,46,47);/q;+1/p-1/t29-,30+,32+,33+,34+,36+;/m0./s1. The fourth-order valence-electron chi connectivity index (χ4n) is 5.81. The number of carbonyl (C=O) groups excluding carboxylic acids is 2. The molecule has 16 nitrogen and oxygen atoms in total. The maximum absolute atomic E-state index is 12.8. The Kier molecular flexibility index (Phi) is 15.8. The SMILES string of the molecule is CS(=O)(=O)NC[C@@H](O)[C@@H](O)[C@@H]1O[C@@](OCCCn2cc(-c3ccc(-c4ccccc4)cc3)nn2)(C(=O)[O-])C[C@H](O)[C@H]1NC(=O)COCc1ccccc1.[Na+]. The van der Waals surface area contributed by atoms with Gasteiger partial charge in [-0.2, -0.15) is 0 Å². The van der Waals surface area contributed by atoms with Crippen molar-refractivity contribution in [3.8, 4) is 22.4 Å². The third kappa shape index (κ3) is 12.0. The van der Waals surface area contributed by atoms with Crippen molar-refractivity contribution in [1.29, 1.82) is 0 Å². The third-order valence-corrected chi connectivity index (χ3v) is 9.23. The number of nitrogens with one attached hydrogen (secondary N) is 2. The van der Waals surface area contributed by atoms with E-state index in [4.69, 9.17) is 14.2 Å². The summed E-state index contributed by atoms with van der Waals surface area (Å²) in [6, 6.07) is 25.3. The second-order valence-electron chi connectivity index (χ2n) is 12.7. The molecule has 54 heavy (non-hydrogen) atoms. The van der Waals surface area contributed by atoms with E-state index in [-0.39, 0.29) is 55.7 Å². The van der Waals surface area contributed by atoms with Gasteiger partial charge in [0.05, 0.1) is 43.9 Å². The van der Waals surface area contributed by atoms with Gasteiger partial charge in [-0.25, -0.2) is 13.1 Å². The Morgan fingerprint density at radius 3 is 2.30 bits per heavy atom. The van der Waals surface area contributed by atoms with Crippen LogP contribution in [0.15, 0.2) is 91.1 Å². The van der Waals surface area contributed by atoms with Crippen LogP contribution in [0.4, 0.5) is 0 Å². The first-order valence-electron chi connectivity index (χ1n) is 16.8. The van der Waals surface area contributed by atoms with E-state index in [0.717, 1.165) is 28.5 Å². The average molecular weight is 776 g/mol. The average Bonchev–Trinajstić information content (AvgIpc) is 3.62. The maximum atomic E-state index is 12.8. The van der Waals surface area contributed by atoms with Gasteiger partial charge >= 0.3 is 29.6 Å². The van der Waals surface area contributed by atoms with Crippen molar-refractivity contribution in [3.63, 3.8) is 0 Å². The summed E-state index contributed by atoms with van der Waals surface area (Å²) < 4.78 is 43.7. The number of rotatable bonds is 18. The summed E-state index contributed by atoms with van der Waals surface area (Å²) in [5.41, 5.74) is 4.39. The van der Waals surface area contributed by atoms with Crippen LogP contribution in [0.5, 0.6) is 0 Å². The van der Waals surface area contributed by atoms with Crippen molar-refractivity contribution in [2.75, 3.05) is 26.0 Å². The number of hydrogen-bond acceptors (Lipinski definition) is 13. The van der Waals surface area contributed by atoms with Crippen LogP contribution in [0.1, 0.15) is 18.4 Å². The quantitative estimate of drug-likeness (QED) is 0.0491. The van der Waals surface area contributed by atoms with E-state index in [1.165, 1.54) is 0 Å². The second kappa shape index (κ2) is 19.8. The molecule has 5 N–H and O–H groups in total. The van der Waals surface area contributed by atoms with E-state index in [9.17, 15) is 38.4 Å². The summed E-state index contributed by atoms with van der Waals surface area (Å²) in [5, 5.41) is 56.2. The molecule has 1 fully saturated rings. The molecule has 2 heterocycles. The summed E-state index contributed by atoms with van der Waals surface area (Å²) in [5.74, 6) is -5.24. The molecule has 0 unspecified atom stereocenters. The predicted octanol–water partition coefficient (Wildman–Crippen LogP) is -3.41. The minimum absolute atomic E-state index is 0. The van der Waals surface area contributed by atoms with Gasteiger partial charge in [-0.3, -0.25) is 9.48 Å². The van der Waals surface area contributed by atoms with Gasteiger partial charge < -0.3 is 44.7 Å². The number of aliphatic carboxylic acids is 1. The largest absolute Gasteiger partial charge is 1.00 e. The predicted molar refractivity (Wildman–Crippen MR) is 188 cm³/mol. The smallest absolute Gasteiger partial charge is 0.544 e. The fourth-order valence-corrected chi connectivity index (χ4v) is 6.29. The Morgan fingerprint density at radius 1 is 1.02 bits per heavy atom. The van der Waals surface area contributed by atoms with Gasteiger partial charge in [-0.15, -0.1) is 5.10 Å². The molecule has 4 aromatic rings. The number of hydrogen-bond donors (Lipinski definition) is 5. The minimum Gasteiger partial charge on any atom is -0.544 e. The molecule has 1 aliphatic rings. The monoisotopic (exact) mass is 775 g/mol. The molecular weight excluding hydrogens is 733 g/mol. The number of aromatic nitrogens is 3. The summed E-state index contributed by atoms with van der Waals surface area (Å²) in [6.07, 6.45) is -5.34. The number of aliphatic hydroxyl groups excluding tert-OH is 3. The van der Waals surface area contributed by atoms with Crippen molar-refractivity contribution in [2.45, 2.75) is 62.2 Å². The molecule has 1 saturated heterocycles. The van der Waals surface area contributed by atoms with E-state index >= 15 is 0 Å². The molecule has 0 radical (unpaired) electrons. The van der Waals surface area contributed by atoms with Gasteiger partial charge in [0, 0.05) is 25.1 Å². The van der Waals surface area contributed by atoms with Gasteiger partial charge in [0.2, 0.25) is 21.7 Å². The third-order valence-electron chi connectivity index (χ3n) is 8.53. The van der Waals surface area contributed by atoms with E-state index < -0.39 is 77.7 Å². The zero-order chi connectivity index (χ0) is 38.0. The van der Waals surface area contributed by atoms with Crippen LogP contribution in [-0.2, 0) is 47.0 Å². The molecule has 1 aromatic heterocycles. The Bertz CT molecular complexity index is 1900. The zero-order valence-electron chi connectivity index (χ0n) is 29.9. The molecule has 1 aliphatic heterocycles. The number of carboxylic acid groups (broad SMARTS) is 1. The van der Waals surface area contributed by atoms with E-state index in [0.29, 0.717) is 5.69 Å². The van der Waals surface area contributed by atoms with Crippen LogP contribution in [0.2, 0.25) is 0 Å². The van der Waals surface area contributed by atoms with Crippen LogP contribution in [0, 0.1) is 0 Å². The number of ether oxygens (including phenoxy) is 3. The molecule has 6 atom stereocenters. The summed E-state index contributed by atoms with van der Waals surface area (Å²) in [6.45, 7) is -1.05. The molecule has 0 spiro atoms.